The summed E-state index contributed by atoms with van der Waals surface area (Å²) in [5.74, 6) is 0. The van der Waals surface area contributed by atoms with Crippen LogP contribution in [0.25, 0.3) is 81.8 Å². The monoisotopic (exact) mass is 548 g/mol. The highest BCUT2D eigenvalue weighted by molar-refractivity contribution is 6.24. The van der Waals surface area contributed by atoms with Crippen molar-refractivity contribution in [1.29, 1.82) is 5.26 Å². The van der Waals surface area contributed by atoms with E-state index in [1.54, 1.807) is 12.1 Å². The number of furan rings is 1. The molecule has 0 radical (unpaired) electrons. The minimum Gasteiger partial charge on any atom is -0.455 e. The van der Waals surface area contributed by atoms with E-state index in [1.165, 1.54) is 10.8 Å². The highest BCUT2D eigenvalue weighted by Crippen LogP contribution is 2.42. The molecule has 5 nitrogen and oxygen atoms in total. The fourth-order valence-electron chi connectivity index (χ4n) is 6.74. The lowest BCUT2D eigenvalue weighted by molar-refractivity contribution is 0.673. The fraction of sp³-hybridized carbons (Fsp3) is 0. The van der Waals surface area contributed by atoms with Crippen LogP contribution in [0.15, 0.2) is 126 Å². The van der Waals surface area contributed by atoms with E-state index in [2.05, 4.69) is 105 Å². The first-order valence-electron chi connectivity index (χ1n) is 14.0. The van der Waals surface area contributed by atoms with Crippen LogP contribution in [0, 0.1) is 17.9 Å². The Balaban J connectivity index is 1.44. The minimum absolute atomic E-state index is 0.348. The topological polar surface area (TPSA) is 51.1 Å². The van der Waals surface area contributed by atoms with Gasteiger partial charge in [-0.1, -0.05) is 60.7 Å². The number of rotatable bonds is 2. The van der Waals surface area contributed by atoms with Crippen molar-refractivity contribution in [3.05, 3.63) is 138 Å². The van der Waals surface area contributed by atoms with Gasteiger partial charge in [0.2, 0.25) is 5.69 Å². The molecule has 0 unspecified atom stereocenters. The van der Waals surface area contributed by atoms with Crippen LogP contribution in [0.2, 0.25) is 0 Å². The predicted molar refractivity (Wildman–Crippen MR) is 173 cm³/mol. The van der Waals surface area contributed by atoms with E-state index in [-0.39, 0.29) is 0 Å². The lowest BCUT2D eigenvalue weighted by Crippen LogP contribution is -1.96. The lowest BCUT2D eigenvalue weighted by Gasteiger charge is -2.11. The molecule has 0 atom stereocenters. The molecule has 0 saturated carbocycles. The van der Waals surface area contributed by atoms with Gasteiger partial charge >= 0.3 is 0 Å². The maximum absolute atomic E-state index is 9.81. The molecule has 0 aliphatic rings. The number of nitriles is 1. The van der Waals surface area contributed by atoms with Crippen LogP contribution in [-0.4, -0.2) is 9.13 Å². The molecule has 0 saturated heterocycles. The van der Waals surface area contributed by atoms with E-state index in [9.17, 15) is 5.26 Å². The first kappa shape index (κ1) is 23.4. The summed E-state index contributed by atoms with van der Waals surface area (Å²) >= 11 is 0. The van der Waals surface area contributed by atoms with Crippen LogP contribution in [-0.2, 0) is 0 Å². The van der Waals surface area contributed by atoms with Crippen LogP contribution in [0.1, 0.15) is 5.56 Å². The molecular weight excluding hydrogens is 528 g/mol. The van der Waals surface area contributed by atoms with E-state index >= 15 is 0 Å². The van der Waals surface area contributed by atoms with Gasteiger partial charge in [-0.2, -0.15) is 5.26 Å². The highest BCUT2D eigenvalue weighted by Gasteiger charge is 2.21. The molecule has 0 amide bonds. The zero-order valence-electron chi connectivity index (χ0n) is 22.7. The summed E-state index contributed by atoms with van der Waals surface area (Å²) in [6.07, 6.45) is 0. The molecule has 0 aliphatic heterocycles. The standard InChI is InChI=1S/C38H20N4O/c1-40-31-17-14-24(20-23(31)22-39)42-34-18-15-25(41-32-11-5-2-8-26(32)27-9-3-6-12-33(27)41)21-30(34)37-35(42)19-16-29-28-10-4-7-13-36(28)43-38(29)37/h2-21H. The molecule has 3 heterocycles. The normalized spacial score (nSPS) is 11.7. The quantitative estimate of drug-likeness (QED) is 0.202. The number of hydrogen-bond donors (Lipinski definition) is 0. The molecule has 43 heavy (non-hydrogen) atoms. The highest BCUT2D eigenvalue weighted by atomic mass is 16.3. The second-order valence-corrected chi connectivity index (χ2v) is 10.8. The van der Waals surface area contributed by atoms with Crippen molar-refractivity contribution >= 4 is 71.2 Å². The average molecular weight is 549 g/mol. The molecule has 6 aromatic carbocycles. The smallest absolute Gasteiger partial charge is 0.204 e. The number of benzene rings is 6. The van der Waals surface area contributed by atoms with Crippen molar-refractivity contribution in [3.63, 3.8) is 0 Å². The van der Waals surface area contributed by atoms with Crippen LogP contribution in [0.4, 0.5) is 5.69 Å². The Labute approximate surface area is 245 Å². The molecule has 5 heteroatoms. The van der Waals surface area contributed by atoms with Crippen LogP contribution < -0.4 is 0 Å². The molecule has 0 fully saturated rings. The van der Waals surface area contributed by atoms with Gasteiger partial charge in [0.15, 0.2) is 0 Å². The van der Waals surface area contributed by atoms with Gasteiger partial charge in [0.1, 0.15) is 11.2 Å². The Kier molecular flexibility index (Phi) is 4.68. The minimum atomic E-state index is 0.348. The van der Waals surface area contributed by atoms with Gasteiger partial charge in [0, 0.05) is 38.3 Å². The second-order valence-electron chi connectivity index (χ2n) is 10.8. The molecule has 9 rings (SSSR count). The Morgan fingerprint density at radius 3 is 1.93 bits per heavy atom. The summed E-state index contributed by atoms with van der Waals surface area (Å²) in [7, 11) is 0. The summed E-state index contributed by atoms with van der Waals surface area (Å²) in [6, 6.07) is 43.6. The molecule has 0 aliphatic carbocycles. The third-order valence-electron chi connectivity index (χ3n) is 8.57. The van der Waals surface area contributed by atoms with Gasteiger partial charge in [0.05, 0.1) is 45.7 Å². The summed E-state index contributed by atoms with van der Waals surface area (Å²) in [5.41, 5.74) is 8.52. The molecule has 198 valence electrons. The van der Waals surface area contributed by atoms with Gasteiger partial charge in [-0.3, -0.25) is 0 Å². The SMILES string of the molecule is [C-]#[N+]c1ccc(-n2c3ccc(-n4c5ccccc5c5ccccc54)cc3c3c4oc5ccccc5c4ccc32)cc1C#N. The number of nitrogens with zero attached hydrogens (tertiary/aromatic N) is 4. The Bertz CT molecular complexity index is 2650. The van der Waals surface area contributed by atoms with Gasteiger partial charge in [0.25, 0.3) is 0 Å². The lowest BCUT2D eigenvalue weighted by atomic mass is 10.1. The third kappa shape index (κ3) is 3.14. The molecule has 0 spiro atoms. The van der Waals surface area contributed by atoms with Gasteiger partial charge in [-0.25, -0.2) is 4.85 Å². The van der Waals surface area contributed by atoms with E-state index in [0.29, 0.717) is 11.3 Å². The summed E-state index contributed by atoms with van der Waals surface area (Å²) < 4.78 is 11.1. The molecule has 0 bridgehead atoms. The Hall–Kier alpha value is -6.30. The van der Waals surface area contributed by atoms with Crippen LogP contribution in [0.5, 0.6) is 0 Å². The van der Waals surface area contributed by atoms with Crippen molar-refractivity contribution in [2.45, 2.75) is 0 Å². The molecule has 9 aromatic rings. The maximum atomic E-state index is 9.81. The first-order valence-corrected chi connectivity index (χ1v) is 14.0. The fourth-order valence-corrected chi connectivity index (χ4v) is 6.74. The van der Waals surface area contributed by atoms with Crippen molar-refractivity contribution in [1.82, 2.24) is 9.13 Å². The van der Waals surface area contributed by atoms with Crippen LogP contribution in [0.3, 0.4) is 0 Å². The van der Waals surface area contributed by atoms with Crippen molar-refractivity contribution in [2.75, 3.05) is 0 Å². The Morgan fingerprint density at radius 1 is 0.581 bits per heavy atom. The van der Waals surface area contributed by atoms with Gasteiger partial charge in [-0.05, 0) is 60.7 Å². The molecular formula is C38H20N4O. The summed E-state index contributed by atoms with van der Waals surface area (Å²) in [5, 5.41) is 16.4. The largest absolute Gasteiger partial charge is 0.455 e. The first-order chi connectivity index (χ1) is 21.2. The zero-order valence-corrected chi connectivity index (χ0v) is 22.7. The van der Waals surface area contributed by atoms with Gasteiger partial charge in [-0.15, -0.1) is 0 Å². The van der Waals surface area contributed by atoms with Crippen molar-refractivity contribution < 1.29 is 4.42 Å². The number of fused-ring (bicyclic) bond motifs is 10. The summed E-state index contributed by atoms with van der Waals surface area (Å²) in [4.78, 5) is 3.54. The van der Waals surface area contributed by atoms with E-state index in [0.717, 1.165) is 66.2 Å². The van der Waals surface area contributed by atoms with E-state index in [1.807, 2.05) is 24.3 Å². The van der Waals surface area contributed by atoms with Crippen LogP contribution >= 0.6 is 0 Å². The summed E-state index contributed by atoms with van der Waals surface area (Å²) in [6.45, 7) is 7.50. The third-order valence-corrected chi connectivity index (χ3v) is 8.57. The predicted octanol–water partition coefficient (Wildman–Crippen LogP) is 10.2. The van der Waals surface area contributed by atoms with E-state index in [4.69, 9.17) is 11.0 Å². The number of aromatic nitrogens is 2. The Morgan fingerprint density at radius 2 is 1.19 bits per heavy atom. The second kappa shape index (κ2) is 8.60. The number of para-hydroxylation sites is 3. The van der Waals surface area contributed by atoms with E-state index < -0.39 is 0 Å². The molecule has 3 aromatic heterocycles. The average Bonchev–Trinajstić information content (AvgIpc) is 3.71. The molecule has 0 N–H and O–H groups in total. The van der Waals surface area contributed by atoms with Crippen molar-refractivity contribution in [3.8, 4) is 17.4 Å². The zero-order chi connectivity index (χ0) is 28.7. The van der Waals surface area contributed by atoms with Crippen molar-refractivity contribution in [2.24, 2.45) is 0 Å². The maximum Gasteiger partial charge on any atom is 0.204 e. The van der Waals surface area contributed by atoms with Gasteiger partial charge < -0.3 is 13.6 Å². The number of hydrogen-bond acceptors (Lipinski definition) is 2.